The van der Waals surface area contributed by atoms with Crippen molar-refractivity contribution in [2.45, 2.75) is 59.7 Å². The van der Waals surface area contributed by atoms with E-state index in [0.717, 1.165) is 0 Å². The summed E-state index contributed by atoms with van der Waals surface area (Å²) in [6.07, 6.45) is 0.968. The van der Waals surface area contributed by atoms with Crippen molar-refractivity contribution in [1.82, 2.24) is 9.97 Å². The number of carbonyl (C=O) groups excluding carboxylic acids is 3. The monoisotopic (exact) mass is 443 g/mol. The van der Waals surface area contributed by atoms with Crippen LogP contribution in [-0.2, 0) is 14.2 Å². The lowest BCUT2D eigenvalue weighted by atomic mass is 10.1. The predicted octanol–water partition coefficient (Wildman–Crippen LogP) is 5.00. The van der Waals surface area contributed by atoms with Crippen molar-refractivity contribution in [3.05, 3.63) is 42.2 Å². The Kier molecular flexibility index (Phi) is 7.56. The first-order chi connectivity index (χ1) is 14.8. The van der Waals surface area contributed by atoms with E-state index in [-0.39, 0.29) is 12.6 Å². The Morgan fingerprint density at radius 3 is 1.88 bits per heavy atom. The van der Waals surface area contributed by atoms with Crippen LogP contribution < -0.4 is 4.90 Å². The summed E-state index contributed by atoms with van der Waals surface area (Å²) in [4.78, 5) is 46.4. The van der Waals surface area contributed by atoms with Crippen LogP contribution in [0.15, 0.2) is 36.7 Å². The highest BCUT2D eigenvalue weighted by molar-refractivity contribution is 6.08. The summed E-state index contributed by atoms with van der Waals surface area (Å²) in [6.45, 7) is 12.1. The predicted molar refractivity (Wildman–Crippen MR) is 118 cm³/mol. The molecule has 2 aromatic rings. The summed E-state index contributed by atoms with van der Waals surface area (Å²) in [5.41, 5.74) is -0.0516. The number of imide groups is 1. The lowest BCUT2D eigenvalue weighted by Crippen LogP contribution is -2.44. The smallest absolute Gasteiger partial charge is 0.427 e. The Morgan fingerprint density at radius 1 is 0.875 bits per heavy atom. The summed E-state index contributed by atoms with van der Waals surface area (Å²) in [7, 11) is 0. The number of benzene rings is 1. The number of esters is 1. The first-order valence-electron chi connectivity index (χ1n) is 10.2. The van der Waals surface area contributed by atoms with Crippen molar-refractivity contribution in [3.63, 3.8) is 0 Å². The summed E-state index contributed by atoms with van der Waals surface area (Å²) in [6, 6.07) is 6.78. The highest BCUT2D eigenvalue weighted by Gasteiger charge is 2.34. The van der Waals surface area contributed by atoms with Gasteiger partial charge in [-0.1, -0.05) is 12.1 Å². The number of rotatable bonds is 4. The SMILES string of the molecule is CCOC(=O)c1cccc(-c2cnc(N(C(=O)OC(C)(C)C)C(=O)OC(C)(C)C)nc2)c1. The van der Waals surface area contributed by atoms with E-state index in [9.17, 15) is 14.4 Å². The molecular weight excluding hydrogens is 414 g/mol. The van der Waals surface area contributed by atoms with E-state index in [0.29, 0.717) is 21.6 Å². The number of amides is 2. The van der Waals surface area contributed by atoms with Crippen molar-refractivity contribution in [2.24, 2.45) is 0 Å². The van der Waals surface area contributed by atoms with E-state index >= 15 is 0 Å². The summed E-state index contributed by atoms with van der Waals surface area (Å²) >= 11 is 0. The normalized spacial score (nSPS) is 11.5. The molecular formula is C23H29N3O6. The zero-order valence-electron chi connectivity index (χ0n) is 19.5. The number of hydrogen-bond acceptors (Lipinski definition) is 8. The van der Waals surface area contributed by atoms with Gasteiger partial charge in [-0.3, -0.25) is 0 Å². The highest BCUT2D eigenvalue weighted by atomic mass is 16.6. The van der Waals surface area contributed by atoms with Crippen LogP contribution in [0.25, 0.3) is 11.1 Å². The lowest BCUT2D eigenvalue weighted by Gasteiger charge is -2.27. The Bertz CT molecular complexity index is 946. The highest BCUT2D eigenvalue weighted by Crippen LogP contribution is 2.23. The third kappa shape index (κ3) is 7.04. The van der Waals surface area contributed by atoms with Crippen LogP contribution in [0.3, 0.4) is 0 Å². The lowest BCUT2D eigenvalue weighted by molar-refractivity contribution is 0.0425. The van der Waals surface area contributed by atoms with Crippen LogP contribution >= 0.6 is 0 Å². The zero-order valence-corrected chi connectivity index (χ0v) is 19.5. The van der Waals surface area contributed by atoms with Crippen LogP contribution in [0, 0.1) is 0 Å². The minimum Gasteiger partial charge on any atom is -0.462 e. The van der Waals surface area contributed by atoms with Gasteiger partial charge in [-0.15, -0.1) is 4.90 Å². The maximum atomic E-state index is 12.7. The Morgan fingerprint density at radius 2 is 1.41 bits per heavy atom. The third-order valence-corrected chi connectivity index (χ3v) is 3.70. The van der Waals surface area contributed by atoms with Crippen LogP contribution in [0.1, 0.15) is 58.8 Å². The fraction of sp³-hybridized carbons (Fsp3) is 0.435. The first kappa shape index (κ1) is 24.8. The number of hydrogen-bond donors (Lipinski definition) is 0. The second-order valence-corrected chi connectivity index (χ2v) is 8.87. The van der Waals surface area contributed by atoms with E-state index < -0.39 is 29.4 Å². The molecule has 0 atom stereocenters. The van der Waals surface area contributed by atoms with Gasteiger partial charge >= 0.3 is 18.2 Å². The molecule has 172 valence electrons. The van der Waals surface area contributed by atoms with Gasteiger partial charge in [0.2, 0.25) is 5.95 Å². The van der Waals surface area contributed by atoms with E-state index in [4.69, 9.17) is 14.2 Å². The Hall–Kier alpha value is -3.49. The van der Waals surface area contributed by atoms with E-state index in [1.165, 1.54) is 12.4 Å². The molecule has 0 spiro atoms. The molecule has 32 heavy (non-hydrogen) atoms. The molecule has 1 aromatic carbocycles. The molecule has 9 heteroatoms. The maximum absolute atomic E-state index is 12.7. The number of carbonyl (C=O) groups is 3. The van der Waals surface area contributed by atoms with Gasteiger partial charge in [0.15, 0.2) is 0 Å². The molecule has 0 bridgehead atoms. The molecule has 0 saturated carbocycles. The van der Waals surface area contributed by atoms with Gasteiger partial charge in [0.25, 0.3) is 0 Å². The van der Waals surface area contributed by atoms with Gasteiger partial charge in [-0.05, 0) is 66.2 Å². The molecule has 9 nitrogen and oxygen atoms in total. The maximum Gasteiger partial charge on any atom is 0.427 e. The molecule has 0 aliphatic carbocycles. The molecule has 0 aliphatic heterocycles. The van der Waals surface area contributed by atoms with Gasteiger partial charge in [-0.2, -0.15) is 0 Å². The molecule has 1 aromatic heterocycles. The topological polar surface area (TPSA) is 108 Å². The number of anilines is 1. The largest absolute Gasteiger partial charge is 0.462 e. The number of ether oxygens (including phenoxy) is 3. The quantitative estimate of drug-likeness (QED) is 0.480. The average molecular weight is 444 g/mol. The van der Waals surface area contributed by atoms with Crippen molar-refractivity contribution in [2.75, 3.05) is 11.5 Å². The van der Waals surface area contributed by atoms with Gasteiger partial charge in [0.05, 0.1) is 12.2 Å². The number of nitrogens with zero attached hydrogens (tertiary/aromatic N) is 3. The molecule has 0 unspecified atom stereocenters. The molecule has 0 N–H and O–H groups in total. The molecule has 0 radical (unpaired) electrons. The minimum atomic E-state index is -0.955. The molecule has 2 rings (SSSR count). The molecule has 0 saturated heterocycles. The van der Waals surface area contributed by atoms with Crippen molar-refractivity contribution < 1.29 is 28.6 Å². The zero-order chi connectivity index (χ0) is 24.1. The van der Waals surface area contributed by atoms with Gasteiger partial charge in [0.1, 0.15) is 11.2 Å². The van der Waals surface area contributed by atoms with E-state index in [1.54, 1.807) is 72.7 Å². The van der Waals surface area contributed by atoms with Crippen LogP contribution in [0.5, 0.6) is 0 Å². The second kappa shape index (κ2) is 9.76. The first-order valence-corrected chi connectivity index (χ1v) is 10.2. The van der Waals surface area contributed by atoms with Crippen molar-refractivity contribution in [1.29, 1.82) is 0 Å². The molecule has 0 fully saturated rings. The van der Waals surface area contributed by atoms with Crippen LogP contribution in [0.2, 0.25) is 0 Å². The van der Waals surface area contributed by atoms with Crippen molar-refractivity contribution >= 4 is 24.1 Å². The van der Waals surface area contributed by atoms with Gasteiger partial charge in [-0.25, -0.2) is 24.4 Å². The Labute approximate surface area is 187 Å². The molecule has 1 heterocycles. The second-order valence-electron chi connectivity index (χ2n) is 8.87. The average Bonchev–Trinajstić information content (AvgIpc) is 2.66. The minimum absolute atomic E-state index is 0.196. The van der Waals surface area contributed by atoms with Gasteiger partial charge < -0.3 is 14.2 Å². The standard InChI is InChI=1S/C23H29N3O6/c1-8-30-18(27)16-11-9-10-15(12-16)17-13-24-19(25-14-17)26(20(28)31-22(2,3)4)21(29)32-23(5,6)7/h9-14H,8H2,1-7H3. The summed E-state index contributed by atoms with van der Waals surface area (Å²) < 4.78 is 15.7. The van der Waals surface area contributed by atoms with Crippen LogP contribution in [0.4, 0.5) is 15.5 Å². The number of aromatic nitrogens is 2. The van der Waals surface area contributed by atoms with Crippen molar-refractivity contribution in [3.8, 4) is 11.1 Å². The fourth-order valence-corrected chi connectivity index (χ4v) is 2.48. The molecule has 2 amide bonds. The molecule has 0 aliphatic rings. The van der Waals surface area contributed by atoms with E-state index in [1.807, 2.05) is 0 Å². The Balaban J connectivity index is 2.37. The third-order valence-electron chi connectivity index (χ3n) is 3.70. The van der Waals surface area contributed by atoms with Crippen LogP contribution in [-0.4, -0.2) is 45.9 Å². The summed E-state index contributed by atoms with van der Waals surface area (Å²) in [5.74, 6) is -0.633. The van der Waals surface area contributed by atoms with E-state index in [2.05, 4.69) is 9.97 Å². The fourth-order valence-electron chi connectivity index (χ4n) is 2.48. The summed E-state index contributed by atoms with van der Waals surface area (Å²) in [5, 5.41) is 0. The van der Waals surface area contributed by atoms with Gasteiger partial charge in [0, 0.05) is 18.0 Å².